The highest BCUT2D eigenvalue weighted by atomic mass is 79.9. The SMILES string of the molecule is CC1Cc2ccccc2N(c2ccc(CBr)cc2C#N)C1. The molecular formula is C18H17BrN2. The van der Waals surface area contributed by atoms with Crippen LogP contribution in [0.5, 0.6) is 0 Å². The minimum atomic E-state index is 0.585. The molecule has 0 bridgehead atoms. The molecule has 0 fully saturated rings. The molecule has 2 aromatic rings. The van der Waals surface area contributed by atoms with E-state index < -0.39 is 0 Å². The molecule has 0 saturated heterocycles. The van der Waals surface area contributed by atoms with Gasteiger partial charge in [0.15, 0.2) is 0 Å². The minimum absolute atomic E-state index is 0.585. The Balaban J connectivity index is 2.11. The van der Waals surface area contributed by atoms with Gasteiger partial charge < -0.3 is 4.90 Å². The molecular weight excluding hydrogens is 324 g/mol. The van der Waals surface area contributed by atoms with Gasteiger partial charge in [0.1, 0.15) is 6.07 Å². The lowest BCUT2D eigenvalue weighted by Gasteiger charge is -2.35. The zero-order chi connectivity index (χ0) is 14.8. The zero-order valence-electron chi connectivity index (χ0n) is 12.0. The number of hydrogen-bond acceptors (Lipinski definition) is 2. The molecule has 21 heavy (non-hydrogen) atoms. The highest BCUT2D eigenvalue weighted by Gasteiger charge is 2.24. The van der Waals surface area contributed by atoms with E-state index >= 15 is 0 Å². The molecule has 3 rings (SSSR count). The number of anilines is 2. The first-order valence-electron chi connectivity index (χ1n) is 7.17. The summed E-state index contributed by atoms with van der Waals surface area (Å²) >= 11 is 3.45. The number of rotatable bonds is 2. The molecule has 106 valence electrons. The molecule has 3 heteroatoms. The summed E-state index contributed by atoms with van der Waals surface area (Å²) in [7, 11) is 0. The van der Waals surface area contributed by atoms with Gasteiger partial charge in [-0.2, -0.15) is 5.26 Å². The Morgan fingerprint density at radius 3 is 2.81 bits per heavy atom. The molecule has 1 unspecified atom stereocenters. The Bertz CT molecular complexity index is 703. The highest BCUT2D eigenvalue weighted by molar-refractivity contribution is 9.08. The van der Waals surface area contributed by atoms with Crippen LogP contribution < -0.4 is 4.90 Å². The second-order valence-electron chi connectivity index (χ2n) is 5.65. The van der Waals surface area contributed by atoms with Crippen molar-refractivity contribution in [2.45, 2.75) is 18.7 Å². The Hall–Kier alpha value is -1.79. The van der Waals surface area contributed by atoms with Crippen LogP contribution in [0.1, 0.15) is 23.6 Å². The maximum atomic E-state index is 9.49. The predicted molar refractivity (Wildman–Crippen MR) is 90.1 cm³/mol. The third-order valence-electron chi connectivity index (χ3n) is 3.97. The van der Waals surface area contributed by atoms with Crippen LogP contribution in [0, 0.1) is 17.2 Å². The van der Waals surface area contributed by atoms with Crippen molar-refractivity contribution in [3.63, 3.8) is 0 Å². The van der Waals surface area contributed by atoms with Crippen LogP contribution in [0.4, 0.5) is 11.4 Å². The molecule has 2 aromatic carbocycles. The number of hydrogen-bond donors (Lipinski definition) is 0. The lowest BCUT2D eigenvalue weighted by atomic mass is 9.93. The smallest absolute Gasteiger partial charge is 0.101 e. The topological polar surface area (TPSA) is 27.0 Å². The number of nitriles is 1. The second kappa shape index (κ2) is 5.91. The molecule has 1 atom stereocenters. The Kier molecular flexibility index (Phi) is 3.98. The standard InChI is InChI=1S/C18H17BrN2/c1-13-8-15-4-2-3-5-17(15)21(12-13)18-7-6-14(10-19)9-16(18)11-20/h2-7,9,13H,8,10,12H2,1H3. The lowest BCUT2D eigenvalue weighted by Crippen LogP contribution is -2.30. The molecule has 0 aromatic heterocycles. The summed E-state index contributed by atoms with van der Waals surface area (Å²) in [5, 5.41) is 10.3. The number of benzene rings is 2. The van der Waals surface area contributed by atoms with Crippen LogP contribution in [0.25, 0.3) is 0 Å². The fraction of sp³-hybridized carbons (Fsp3) is 0.278. The van der Waals surface area contributed by atoms with Crippen molar-refractivity contribution in [2.75, 3.05) is 11.4 Å². The molecule has 1 aliphatic rings. The third-order valence-corrected chi connectivity index (χ3v) is 4.62. The Morgan fingerprint density at radius 1 is 1.24 bits per heavy atom. The fourth-order valence-corrected chi connectivity index (χ4v) is 3.36. The van der Waals surface area contributed by atoms with Crippen molar-refractivity contribution in [1.82, 2.24) is 0 Å². The minimum Gasteiger partial charge on any atom is -0.340 e. The average molecular weight is 341 g/mol. The number of alkyl halides is 1. The number of halogens is 1. The quantitative estimate of drug-likeness (QED) is 0.735. The van der Waals surface area contributed by atoms with E-state index in [1.54, 1.807) is 0 Å². The first-order chi connectivity index (χ1) is 10.2. The second-order valence-corrected chi connectivity index (χ2v) is 6.21. The summed E-state index contributed by atoms with van der Waals surface area (Å²) in [6.07, 6.45) is 1.11. The van der Waals surface area contributed by atoms with Gasteiger partial charge >= 0.3 is 0 Å². The van der Waals surface area contributed by atoms with E-state index in [1.807, 2.05) is 6.07 Å². The summed E-state index contributed by atoms with van der Waals surface area (Å²) in [4.78, 5) is 2.29. The molecule has 0 saturated carbocycles. The highest BCUT2D eigenvalue weighted by Crippen LogP contribution is 2.37. The Morgan fingerprint density at radius 2 is 2.05 bits per heavy atom. The van der Waals surface area contributed by atoms with E-state index in [9.17, 15) is 5.26 Å². The van der Waals surface area contributed by atoms with Crippen molar-refractivity contribution in [2.24, 2.45) is 5.92 Å². The monoisotopic (exact) mass is 340 g/mol. The molecule has 0 spiro atoms. The van der Waals surface area contributed by atoms with Crippen LogP contribution in [0.3, 0.4) is 0 Å². The van der Waals surface area contributed by atoms with E-state index in [-0.39, 0.29) is 0 Å². The molecule has 1 aliphatic heterocycles. The molecule has 0 aliphatic carbocycles. The summed E-state index contributed by atoms with van der Waals surface area (Å²) in [5.41, 5.74) is 5.49. The normalized spacial score (nSPS) is 17.2. The van der Waals surface area contributed by atoms with Crippen molar-refractivity contribution >= 4 is 27.3 Å². The van der Waals surface area contributed by atoms with E-state index in [1.165, 1.54) is 11.3 Å². The Labute approximate surface area is 134 Å². The number of para-hydroxylation sites is 1. The first kappa shape index (κ1) is 14.2. The van der Waals surface area contributed by atoms with Crippen LogP contribution in [0.15, 0.2) is 42.5 Å². The number of fused-ring (bicyclic) bond motifs is 1. The van der Waals surface area contributed by atoms with Gasteiger partial charge in [0, 0.05) is 17.6 Å². The third kappa shape index (κ3) is 2.69. The van der Waals surface area contributed by atoms with Crippen LogP contribution >= 0.6 is 15.9 Å². The summed E-state index contributed by atoms with van der Waals surface area (Å²) < 4.78 is 0. The van der Waals surface area contributed by atoms with E-state index in [2.05, 4.69) is 70.2 Å². The van der Waals surface area contributed by atoms with Gasteiger partial charge in [-0.05, 0) is 41.7 Å². The van der Waals surface area contributed by atoms with Gasteiger partial charge in [0.25, 0.3) is 0 Å². The largest absolute Gasteiger partial charge is 0.340 e. The van der Waals surface area contributed by atoms with E-state index in [0.717, 1.165) is 35.1 Å². The van der Waals surface area contributed by atoms with Crippen LogP contribution in [-0.2, 0) is 11.8 Å². The summed E-state index contributed by atoms with van der Waals surface area (Å²) in [6, 6.07) is 17.0. The van der Waals surface area contributed by atoms with Crippen LogP contribution in [-0.4, -0.2) is 6.54 Å². The van der Waals surface area contributed by atoms with Gasteiger partial charge in [-0.25, -0.2) is 0 Å². The molecule has 2 nitrogen and oxygen atoms in total. The molecule has 0 amide bonds. The van der Waals surface area contributed by atoms with Crippen LogP contribution in [0.2, 0.25) is 0 Å². The maximum absolute atomic E-state index is 9.49. The first-order valence-corrected chi connectivity index (χ1v) is 8.29. The maximum Gasteiger partial charge on any atom is 0.101 e. The molecule has 0 radical (unpaired) electrons. The van der Waals surface area contributed by atoms with Crippen molar-refractivity contribution in [1.29, 1.82) is 5.26 Å². The zero-order valence-corrected chi connectivity index (χ0v) is 13.6. The predicted octanol–water partition coefficient (Wildman–Crippen LogP) is 4.78. The molecule has 1 heterocycles. The average Bonchev–Trinajstić information content (AvgIpc) is 2.53. The molecule has 0 N–H and O–H groups in total. The summed E-state index contributed by atoms with van der Waals surface area (Å²) in [5.74, 6) is 0.585. The summed E-state index contributed by atoms with van der Waals surface area (Å²) in [6.45, 7) is 3.22. The van der Waals surface area contributed by atoms with Crippen molar-refractivity contribution in [3.8, 4) is 6.07 Å². The van der Waals surface area contributed by atoms with Crippen molar-refractivity contribution < 1.29 is 0 Å². The van der Waals surface area contributed by atoms with Gasteiger partial charge in [-0.1, -0.05) is 47.1 Å². The van der Waals surface area contributed by atoms with Crippen molar-refractivity contribution in [3.05, 3.63) is 59.2 Å². The van der Waals surface area contributed by atoms with Gasteiger partial charge in [-0.15, -0.1) is 0 Å². The number of nitrogens with zero attached hydrogens (tertiary/aromatic N) is 2. The van der Waals surface area contributed by atoms with E-state index in [0.29, 0.717) is 5.92 Å². The van der Waals surface area contributed by atoms with Gasteiger partial charge in [-0.3, -0.25) is 0 Å². The fourth-order valence-electron chi connectivity index (χ4n) is 3.02. The van der Waals surface area contributed by atoms with Gasteiger partial charge in [0.05, 0.1) is 11.3 Å². The lowest BCUT2D eigenvalue weighted by molar-refractivity contribution is 0.562. The van der Waals surface area contributed by atoms with E-state index in [4.69, 9.17) is 0 Å². The van der Waals surface area contributed by atoms with Gasteiger partial charge in [0.2, 0.25) is 0 Å².